The molecule has 164 valence electrons. The molecule has 6 nitrogen and oxygen atoms in total. The second kappa shape index (κ2) is 10.1. The van der Waals surface area contributed by atoms with Crippen molar-refractivity contribution in [1.29, 1.82) is 0 Å². The normalized spacial score (nSPS) is 14.1. The highest BCUT2D eigenvalue weighted by Crippen LogP contribution is 2.20. The van der Waals surface area contributed by atoms with Crippen LogP contribution >= 0.6 is 0 Å². The molecule has 3 aromatic rings. The maximum Gasteiger partial charge on any atom is 0.262 e. The van der Waals surface area contributed by atoms with Crippen LogP contribution in [-0.2, 0) is 4.79 Å². The van der Waals surface area contributed by atoms with Gasteiger partial charge in [-0.25, -0.2) is 0 Å². The minimum Gasteiger partial charge on any atom is -0.484 e. The summed E-state index contributed by atoms with van der Waals surface area (Å²) >= 11 is 0. The predicted octanol–water partition coefficient (Wildman–Crippen LogP) is 3.69. The number of rotatable bonds is 7. The van der Waals surface area contributed by atoms with Crippen molar-refractivity contribution < 1.29 is 14.3 Å². The maximum atomic E-state index is 12.5. The summed E-state index contributed by atoms with van der Waals surface area (Å²) in [5, 5.41) is 2.86. The number of anilines is 2. The van der Waals surface area contributed by atoms with Crippen LogP contribution in [0.4, 0.5) is 11.4 Å². The van der Waals surface area contributed by atoms with Gasteiger partial charge in [-0.05, 0) is 55.6 Å². The van der Waals surface area contributed by atoms with Crippen molar-refractivity contribution >= 4 is 23.1 Å². The lowest BCUT2D eigenvalue weighted by Crippen LogP contribution is -2.44. The van der Waals surface area contributed by atoms with Crippen molar-refractivity contribution in [2.45, 2.75) is 0 Å². The number of carbonyl (C=O) groups excluding carboxylic acids is 2. The number of hydrogen-bond acceptors (Lipinski definition) is 5. The number of carbonyl (C=O) groups is 2. The highest BCUT2D eigenvalue weighted by Gasteiger charge is 2.14. The van der Waals surface area contributed by atoms with Gasteiger partial charge in [-0.3, -0.25) is 9.59 Å². The van der Waals surface area contributed by atoms with Crippen LogP contribution in [0.3, 0.4) is 0 Å². The maximum absolute atomic E-state index is 12.5. The topological polar surface area (TPSA) is 61.9 Å². The van der Waals surface area contributed by atoms with Gasteiger partial charge >= 0.3 is 0 Å². The van der Waals surface area contributed by atoms with Gasteiger partial charge in [0, 0.05) is 48.7 Å². The first kappa shape index (κ1) is 21.6. The molecule has 1 N–H and O–H groups in total. The lowest BCUT2D eigenvalue weighted by molar-refractivity contribution is -0.118. The Kier molecular flexibility index (Phi) is 6.82. The average Bonchev–Trinajstić information content (AvgIpc) is 2.84. The number of nitrogens with zero attached hydrogens (tertiary/aromatic N) is 2. The van der Waals surface area contributed by atoms with Gasteiger partial charge in [-0.1, -0.05) is 30.3 Å². The largest absolute Gasteiger partial charge is 0.484 e. The highest BCUT2D eigenvalue weighted by atomic mass is 16.5. The summed E-state index contributed by atoms with van der Waals surface area (Å²) in [6.45, 7) is 4.01. The van der Waals surface area contributed by atoms with E-state index in [9.17, 15) is 9.59 Å². The lowest BCUT2D eigenvalue weighted by atomic mass is 10.0. The Morgan fingerprint density at radius 2 is 1.44 bits per heavy atom. The molecule has 6 heteroatoms. The number of likely N-dealkylation sites (N-methyl/N-ethyl adjacent to an activating group) is 1. The molecule has 3 aromatic carbocycles. The summed E-state index contributed by atoms with van der Waals surface area (Å²) in [4.78, 5) is 29.4. The Labute approximate surface area is 188 Å². The van der Waals surface area contributed by atoms with E-state index in [-0.39, 0.29) is 18.3 Å². The average molecular weight is 430 g/mol. The minimum absolute atomic E-state index is 0.0464. The molecule has 0 aromatic heterocycles. The molecule has 0 unspecified atom stereocenters. The Morgan fingerprint density at radius 3 is 2.09 bits per heavy atom. The van der Waals surface area contributed by atoms with E-state index in [1.165, 1.54) is 0 Å². The van der Waals surface area contributed by atoms with Gasteiger partial charge in [0.2, 0.25) is 0 Å². The van der Waals surface area contributed by atoms with E-state index >= 15 is 0 Å². The van der Waals surface area contributed by atoms with Gasteiger partial charge in [0.15, 0.2) is 12.4 Å². The molecule has 0 atom stereocenters. The molecule has 0 saturated carbocycles. The number of nitrogens with one attached hydrogen (secondary N) is 1. The van der Waals surface area contributed by atoms with Crippen LogP contribution in [0.2, 0.25) is 0 Å². The van der Waals surface area contributed by atoms with Crippen LogP contribution in [-0.4, -0.2) is 56.4 Å². The summed E-state index contributed by atoms with van der Waals surface area (Å²) in [6, 6.07) is 23.8. The van der Waals surface area contributed by atoms with Crippen LogP contribution in [0, 0.1) is 0 Å². The molecule has 1 saturated heterocycles. The Balaban J connectivity index is 1.26. The van der Waals surface area contributed by atoms with Gasteiger partial charge in [0.25, 0.3) is 5.91 Å². The summed E-state index contributed by atoms with van der Waals surface area (Å²) < 4.78 is 5.57. The van der Waals surface area contributed by atoms with Gasteiger partial charge < -0.3 is 19.9 Å². The van der Waals surface area contributed by atoms with E-state index in [2.05, 4.69) is 22.2 Å². The molecule has 4 rings (SSSR count). The third kappa shape index (κ3) is 5.53. The summed E-state index contributed by atoms with van der Waals surface area (Å²) in [7, 11) is 2.14. The van der Waals surface area contributed by atoms with Crippen molar-refractivity contribution in [3.63, 3.8) is 0 Å². The molecule has 1 heterocycles. The van der Waals surface area contributed by atoms with E-state index in [4.69, 9.17) is 4.74 Å². The lowest BCUT2D eigenvalue weighted by Gasteiger charge is -2.34. The monoisotopic (exact) mass is 429 g/mol. The molecule has 1 aliphatic heterocycles. The molecule has 1 amide bonds. The van der Waals surface area contributed by atoms with Crippen molar-refractivity contribution in [2.24, 2.45) is 0 Å². The van der Waals surface area contributed by atoms with Crippen LogP contribution in [0.1, 0.15) is 15.9 Å². The van der Waals surface area contributed by atoms with Gasteiger partial charge in [0.1, 0.15) is 5.75 Å². The van der Waals surface area contributed by atoms with Gasteiger partial charge in [0.05, 0.1) is 0 Å². The fourth-order valence-corrected chi connectivity index (χ4v) is 3.62. The number of ketones is 1. The quantitative estimate of drug-likeness (QED) is 0.581. The predicted molar refractivity (Wildman–Crippen MR) is 127 cm³/mol. The highest BCUT2D eigenvalue weighted by molar-refractivity contribution is 6.09. The summed E-state index contributed by atoms with van der Waals surface area (Å²) in [5.74, 6) is 0.256. The summed E-state index contributed by atoms with van der Waals surface area (Å²) in [5.41, 5.74) is 3.12. The molecule has 0 bridgehead atoms. The SMILES string of the molecule is CN1CCN(c2ccc(NC(=O)COc3ccc(C(=O)c4ccccc4)cc3)cc2)CC1. The van der Waals surface area contributed by atoms with Crippen LogP contribution in [0.15, 0.2) is 78.9 Å². The zero-order valence-corrected chi connectivity index (χ0v) is 18.2. The zero-order chi connectivity index (χ0) is 22.3. The first-order chi connectivity index (χ1) is 15.6. The fraction of sp³-hybridized carbons (Fsp3) is 0.231. The van der Waals surface area contributed by atoms with Crippen molar-refractivity contribution in [1.82, 2.24) is 4.90 Å². The second-order valence-electron chi connectivity index (χ2n) is 7.89. The van der Waals surface area contributed by atoms with Gasteiger partial charge in [-0.2, -0.15) is 0 Å². The number of amides is 1. The fourth-order valence-electron chi connectivity index (χ4n) is 3.62. The van der Waals surface area contributed by atoms with Crippen LogP contribution in [0.5, 0.6) is 5.75 Å². The third-order valence-electron chi connectivity index (χ3n) is 5.54. The van der Waals surface area contributed by atoms with Crippen molar-refractivity contribution in [2.75, 3.05) is 50.1 Å². The van der Waals surface area contributed by atoms with Crippen LogP contribution < -0.4 is 15.0 Å². The van der Waals surface area contributed by atoms with Crippen molar-refractivity contribution in [3.8, 4) is 5.75 Å². The van der Waals surface area contributed by atoms with E-state index in [0.29, 0.717) is 16.9 Å². The number of ether oxygens (including phenoxy) is 1. The van der Waals surface area contributed by atoms with E-state index in [1.807, 2.05) is 42.5 Å². The van der Waals surface area contributed by atoms with E-state index < -0.39 is 0 Å². The van der Waals surface area contributed by atoms with Crippen molar-refractivity contribution in [3.05, 3.63) is 90.0 Å². The zero-order valence-electron chi connectivity index (χ0n) is 18.2. The first-order valence-electron chi connectivity index (χ1n) is 10.7. The molecule has 0 spiro atoms. The van der Waals surface area contributed by atoms with Gasteiger partial charge in [-0.15, -0.1) is 0 Å². The number of benzene rings is 3. The molecular formula is C26H27N3O3. The molecule has 0 radical (unpaired) electrons. The van der Waals surface area contributed by atoms with E-state index in [1.54, 1.807) is 36.4 Å². The third-order valence-corrected chi connectivity index (χ3v) is 5.54. The standard InChI is InChI=1S/C26H27N3O3/c1-28-15-17-29(18-16-28)23-11-9-22(10-12-23)27-25(30)19-32-24-13-7-21(8-14-24)26(31)20-5-3-2-4-6-20/h2-14H,15-19H2,1H3,(H,27,30). The Hall–Kier alpha value is -3.64. The first-order valence-corrected chi connectivity index (χ1v) is 10.7. The second-order valence-corrected chi connectivity index (χ2v) is 7.89. The number of piperazine rings is 1. The Bertz CT molecular complexity index is 1040. The van der Waals surface area contributed by atoms with E-state index in [0.717, 1.165) is 37.6 Å². The van der Waals surface area contributed by atoms with Crippen LogP contribution in [0.25, 0.3) is 0 Å². The molecule has 0 aliphatic carbocycles. The molecule has 1 fully saturated rings. The summed E-state index contributed by atoms with van der Waals surface area (Å²) in [6.07, 6.45) is 0. The Morgan fingerprint density at radius 1 is 0.812 bits per heavy atom. The smallest absolute Gasteiger partial charge is 0.262 e. The molecule has 1 aliphatic rings. The minimum atomic E-state index is -0.234. The number of hydrogen-bond donors (Lipinski definition) is 1. The molecule has 32 heavy (non-hydrogen) atoms. The molecular weight excluding hydrogens is 402 g/mol.